The molecule has 1 N–H and O–H groups in total. The van der Waals surface area contributed by atoms with Gasteiger partial charge in [-0.25, -0.2) is 4.39 Å². The first-order chi connectivity index (χ1) is 12.4. The largest absolute Gasteiger partial charge is 0.322 e. The first-order valence-corrected chi connectivity index (χ1v) is 7.76. The van der Waals surface area contributed by atoms with E-state index in [-0.39, 0.29) is 24.0 Å². The molecule has 0 aliphatic rings. The summed E-state index contributed by atoms with van der Waals surface area (Å²) in [6.07, 6.45) is 2.46. The summed E-state index contributed by atoms with van der Waals surface area (Å²) in [6.45, 7) is 1.91. The van der Waals surface area contributed by atoms with E-state index in [1.54, 1.807) is 31.2 Å². The van der Waals surface area contributed by atoms with Crippen molar-refractivity contribution in [3.63, 3.8) is 0 Å². The standard InChI is InChI=1S/C18H15FN4O3/c1-12-8-14(19)6-7-17(12)21-18(24)16-5-3-2-4-13(16)10-22-11-15(9-20-22)23(25)26/h2-9,11H,10H2,1H3,(H,21,24). The first kappa shape index (κ1) is 17.3. The highest BCUT2D eigenvalue weighted by Gasteiger charge is 2.15. The molecular weight excluding hydrogens is 339 g/mol. The number of anilines is 1. The number of carbonyl (C=O) groups is 1. The molecule has 1 aromatic heterocycles. The number of amides is 1. The summed E-state index contributed by atoms with van der Waals surface area (Å²) in [4.78, 5) is 22.9. The van der Waals surface area contributed by atoms with E-state index in [0.717, 1.165) is 6.20 Å². The fourth-order valence-electron chi connectivity index (χ4n) is 2.54. The van der Waals surface area contributed by atoms with E-state index in [4.69, 9.17) is 0 Å². The lowest BCUT2D eigenvalue weighted by molar-refractivity contribution is -0.385. The number of aryl methyl sites for hydroxylation is 1. The number of benzene rings is 2. The van der Waals surface area contributed by atoms with Crippen LogP contribution in [0.15, 0.2) is 54.9 Å². The summed E-state index contributed by atoms with van der Waals surface area (Å²) < 4.78 is 14.6. The highest BCUT2D eigenvalue weighted by atomic mass is 19.1. The quantitative estimate of drug-likeness (QED) is 0.560. The molecule has 3 rings (SSSR count). The van der Waals surface area contributed by atoms with Crippen LogP contribution in [0.5, 0.6) is 0 Å². The van der Waals surface area contributed by atoms with Crippen LogP contribution < -0.4 is 5.32 Å². The third kappa shape index (κ3) is 3.75. The summed E-state index contributed by atoms with van der Waals surface area (Å²) >= 11 is 0. The second kappa shape index (κ2) is 7.14. The molecule has 0 radical (unpaired) electrons. The minimum Gasteiger partial charge on any atom is -0.322 e. The lowest BCUT2D eigenvalue weighted by Gasteiger charge is -2.12. The number of hydrogen-bond acceptors (Lipinski definition) is 4. The normalized spacial score (nSPS) is 10.5. The summed E-state index contributed by atoms with van der Waals surface area (Å²) in [5, 5.41) is 17.5. The summed E-state index contributed by atoms with van der Waals surface area (Å²) in [7, 11) is 0. The van der Waals surface area contributed by atoms with Gasteiger partial charge in [0.15, 0.2) is 0 Å². The van der Waals surface area contributed by atoms with Gasteiger partial charge in [-0.3, -0.25) is 19.6 Å². The Labute approximate surface area is 148 Å². The van der Waals surface area contributed by atoms with Crippen LogP contribution in [0.4, 0.5) is 15.8 Å². The van der Waals surface area contributed by atoms with E-state index in [0.29, 0.717) is 22.4 Å². The maximum absolute atomic E-state index is 13.2. The van der Waals surface area contributed by atoms with E-state index in [1.807, 2.05) is 0 Å². The Morgan fingerprint density at radius 1 is 1.31 bits per heavy atom. The second-order valence-electron chi connectivity index (χ2n) is 5.72. The number of aromatic nitrogens is 2. The minimum atomic E-state index is -0.528. The van der Waals surface area contributed by atoms with Crippen LogP contribution in [0, 0.1) is 22.9 Å². The molecule has 1 heterocycles. The molecule has 0 unspecified atom stereocenters. The van der Waals surface area contributed by atoms with Gasteiger partial charge in [-0.05, 0) is 42.3 Å². The topological polar surface area (TPSA) is 90.1 Å². The average Bonchev–Trinajstić information content (AvgIpc) is 3.07. The molecule has 2 aromatic carbocycles. The molecule has 0 fully saturated rings. The molecule has 26 heavy (non-hydrogen) atoms. The van der Waals surface area contributed by atoms with E-state index in [2.05, 4.69) is 10.4 Å². The van der Waals surface area contributed by atoms with Gasteiger partial charge in [-0.15, -0.1) is 0 Å². The molecular formula is C18H15FN4O3. The molecule has 0 aliphatic carbocycles. The van der Waals surface area contributed by atoms with Crippen LogP contribution in [0.3, 0.4) is 0 Å². The van der Waals surface area contributed by atoms with Crippen molar-refractivity contribution in [2.24, 2.45) is 0 Å². The van der Waals surface area contributed by atoms with Crippen LogP contribution >= 0.6 is 0 Å². The van der Waals surface area contributed by atoms with Crippen molar-refractivity contribution in [3.05, 3.63) is 87.5 Å². The zero-order valence-electron chi connectivity index (χ0n) is 13.8. The number of nitrogens with one attached hydrogen (secondary N) is 1. The summed E-state index contributed by atoms with van der Waals surface area (Å²) in [5.41, 5.74) is 2.07. The van der Waals surface area contributed by atoms with Crippen LogP contribution in [0.1, 0.15) is 21.5 Å². The molecule has 132 valence electrons. The number of rotatable bonds is 5. The van der Waals surface area contributed by atoms with Crippen molar-refractivity contribution < 1.29 is 14.1 Å². The van der Waals surface area contributed by atoms with Gasteiger partial charge in [0, 0.05) is 11.3 Å². The molecule has 3 aromatic rings. The maximum atomic E-state index is 13.2. The summed E-state index contributed by atoms with van der Waals surface area (Å²) in [6, 6.07) is 11.0. The predicted molar refractivity (Wildman–Crippen MR) is 93.5 cm³/mol. The Morgan fingerprint density at radius 2 is 2.08 bits per heavy atom. The average molecular weight is 354 g/mol. The van der Waals surface area contributed by atoms with Crippen LogP contribution in [-0.4, -0.2) is 20.6 Å². The van der Waals surface area contributed by atoms with Gasteiger partial charge in [0.1, 0.15) is 18.2 Å². The monoisotopic (exact) mass is 354 g/mol. The molecule has 0 saturated carbocycles. The molecule has 8 heteroatoms. The van der Waals surface area contributed by atoms with Crippen LogP contribution in [0.2, 0.25) is 0 Å². The van der Waals surface area contributed by atoms with Gasteiger partial charge in [-0.1, -0.05) is 18.2 Å². The van der Waals surface area contributed by atoms with Crippen molar-refractivity contribution in [2.75, 3.05) is 5.32 Å². The van der Waals surface area contributed by atoms with Crippen molar-refractivity contribution in [1.82, 2.24) is 9.78 Å². The van der Waals surface area contributed by atoms with Gasteiger partial charge in [0.2, 0.25) is 0 Å². The van der Waals surface area contributed by atoms with E-state index in [1.165, 1.54) is 29.1 Å². The number of nitro groups is 1. The lowest BCUT2D eigenvalue weighted by atomic mass is 10.1. The van der Waals surface area contributed by atoms with Crippen LogP contribution in [0.25, 0.3) is 0 Å². The number of hydrogen-bond donors (Lipinski definition) is 1. The number of nitrogens with zero attached hydrogens (tertiary/aromatic N) is 3. The fraction of sp³-hybridized carbons (Fsp3) is 0.111. The Morgan fingerprint density at radius 3 is 2.77 bits per heavy atom. The van der Waals surface area contributed by atoms with Gasteiger partial charge in [-0.2, -0.15) is 5.10 Å². The second-order valence-corrected chi connectivity index (χ2v) is 5.72. The first-order valence-electron chi connectivity index (χ1n) is 7.76. The van der Waals surface area contributed by atoms with Gasteiger partial charge < -0.3 is 5.32 Å². The van der Waals surface area contributed by atoms with Crippen molar-refractivity contribution in [1.29, 1.82) is 0 Å². The molecule has 0 spiro atoms. The Hall–Kier alpha value is -3.55. The van der Waals surface area contributed by atoms with E-state index >= 15 is 0 Å². The third-order valence-electron chi connectivity index (χ3n) is 3.86. The number of carbonyl (C=O) groups excluding carboxylic acids is 1. The molecule has 0 saturated heterocycles. The van der Waals surface area contributed by atoms with Crippen molar-refractivity contribution >= 4 is 17.3 Å². The lowest BCUT2D eigenvalue weighted by Crippen LogP contribution is -2.16. The smallest absolute Gasteiger partial charge is 0.307 e. The van der Waals surface area contributed by atoms with Crippen molar-refractivity contribution in [3.8, 4) is 0 Å². The molecule has 0 aliphatic heterocycles. The fourth-order valence-corrected chi connectivity index (χ4v) is 2.54. The van der Waals surface area contributed by atoms with Crippen LogP contribution in [-0.2, 0) is 6.54 Å². The SMILES string of the molecule is Cc1cc(F)ccc1NC(=O)c1ccccc1Cn1cc([N+](=O)[O-])cn1. The van der Waals surface area contributed by atoms with E-state index in [9.17, 15) is 19.3 Å². The molecule has 1 amide bonds. The van der Waals surface area contributed by atoms with Gasteiger partial charge in [0.05, 0.1) is 11.5 Å². The predicted octanol–water partition coefficient (Wildman–Crippen LogP) is 3.54. The van der Waals surface area contributed by atoms with Gasteiger partial charge >= 0.3 is 5.69 Å². The Balaban J connectivity index is 1.83. The van der Waals surface area contributed by atoms with Crippen molar-refractivity contribution in [2.45, 2.75) is 13.5 Å². The highest BCUT2D eigenvalue weighted by molar-refractivity contribution is 6.05. The Bertz CT molecular complexity index is 984. The van der Waals surface area contributed by atoms with E-state index < -0.39 is 4.92 Å². The zero-order chi connectivity index (χ0) is 18.7. The highest BCUT2D eigenvalue weighted by Crippen LogP contribution is 2.19. The number of halogens is 1. The molecule has 0 atom stereocenters. The minimum absolute atomic E-state index is 0.117. The third-order valence-corrected chi connectivity index (χ3v) is 3.86. The maximum Gasteiger partial charge on any atom is 0.307 e. The Kier molecular flexibility index (Phi) is 4.74. The zero-order valence-corrected chi connectivity index (χ0v) is 13.8. The van der Waals surface area contributed by atoms with Gasteiger partial charge in [0.25, 0.3) is 5.91 Å². The molecule has 0 bridgehead atoms. The molecule has 7 nitrogen and oxygen atoms in total. The summed E-state index contributed by atoms with van der Waals surface area (Å²) in [5.74, 6) is -0.724.